The molecular formula is C13H21N3. The van der Waals surface area contributed by atoms with Crippen molar-refractivity contribution in [2.75, 3.05) is 13.1 Å². The third-order valence-electron chi connectivity index (χ3n) is 3.35. The molecule has 88 valence electrons. The Hall–Kier alpha value is -0.930. The lowest BCUT2D eigenvalue weighted by molar-refractivity contribution is 0.118. The molecule has 1 aliphatic carbocycles. The normalized spacial score (nSPS) is 16.4. The SMILES string of the molecule is NCCCN(Cc1cccnc1)C1CCC1. The van der Waals surface area contributed by atoms with Crippen LogP contribution in [-0.4, -0.2) is 29.0 Å². The zero-order chi connectivity index (χ0) is 11.2. The summed E-state index contributed by atoms with van der Waals surface area (Å²) in [6.45, 7) is 2.94. The Morgan fingerprint density at radius 3 is 2.88 bits per heavy atom. The maximum absolute atomic E-state index is 5.59. The second kappa shape index (κ2) is 5.97. The zero-order valence-electron chi connectivity index (χ0n) is 9.81. The number of hydrogen-bond acceptors (Lipinski definition) is 3. The predicted octanol–water partition coefficient (Wildman–Crippen LogP) is 1.78. The molecule has 3 nitrogen and oxygen atoms in total. The van der Waals surface area contributed by atoms with Gasteiger partial charge in [0.2, 0.25) is 0 Å². The lowest BCUT2D eigenvalue weighted by Crippen LogP contribution is -2.40. The molecule has 16 heavy (non-hydrogen) atoms. The van der Waals surface area contributed by atoms with Crippen LogP contribution in [0.5, 0.6) is 0 Å². The molecule has 1 aromatic heterocycles. The molecule has 0 aromatic carbocycles. The first kappa shape index (κ1) is 11.6. The van der Waals surface area contributed by atoms with Gasteiger partial charge in [0, 0.05) is 25.0 Å². The van der Waals surface area contributed by atoms with Crippen molar-refractivity contribution in [2.24, 2.45) is 5.73 Å². The van der Waals surface area contributed by atoms with Crippen LogP contribution in [0.1, 0.15) is 31.2 Å². The number of aromatic nitrogens is 1. The van der Waals surface area contributed by atoms with Gasteiger partial charge < -0.3 is 5.73 Å². The predicted molar refractivity (Wildman–Crippen MR) is 66.0 cm³/mol. The summed E-state index contributed by atoms with van der Waals surface area (Å²) in [6.07, 6.45) is 8.98. The largest absolute Gasteiger partial charge is 0.330 e. The van der Waals surface area contributed by atoms with Crippen molar-refractivity contribution < 1.29 is 0 Å². The summed E-state index contributed by atoms with van der Waals surface area (Å²) in [5, 5.41) is 0. The molecule has 1 fully saturated rings. The number of nitrogens with zero attached hydrogens (tertiary/aromatic N) is 2. The summed E-state index contributed by atoms with van der Waals surface area (Å²) in [7, 11) is 0. The van der Waals surface area contributed by atoms with Crippen molar-refractivity contribution in [3.05, 3.63) is 30.1 Å². The van der Waals surface area contributed by atoms with E-state index in [4.69, 9.17) is 5.73 Å². The van der Waals surface area contributed by atoms with Gasteiger partial charge in [-0.15, -0.1) is 0 Å². The van der Waals surface area contributed by atoms with E-state index in [1.807, 2.05) is 18.5 Å². The van der Waals surface area contributed by atoms with Gasteiger partial charge in [-0.2, -0.15) is 0 Å². The Labute approximate surface area is 97.7 Å². The first-order chi connectivity index (χ1) is 7.90. The molecule has 2 rings (SSSR count). The molecule has 1 saturated carbocycles. The zero-order valence-corrected chi connectivity index (χ0v) is 9.81. The van der Waals surface area contributed by atoms with Crippen LogP contribution in [0.3, 0.4) is 0 Å². The molecule has 1 heterocycles. The first-order valence-corrected chi connectivity index (χ1v) is 6.23. The van der Waals surface area contributed by atoms with Crippen molar-refractivity contribution in [1.29, 1.82) is 0 Å². The van der Waals surface area contributed by atoms with Crippen LogP contribution in [0, 0.1) is 0 Å². The van der Waals surface area contributed by atoms with Gasteiger partial charge in [0.05, 0.1) is 0 Å². The Morgan fingerprint density at radius 2 is 2.31 bits per heavy atom. The van der Waals surface area contributed by atoms with Gasteiger partial charge in [0.15, 0.2) is 0 Å². The second-order valence-electron chi connectivity index (χ2n) is 4.56. The molecule has 3 heteroatoms. The number of rotatable bonds is 6. The first-order valence-electron chi connectivity index (χ1n) is 6.23. The summed E-state index contributed by atoms with van der Waals surface area (Å²) in [5.41, 5.74) is 6.90. The summed E-state index contributed by atoms with van der Waals surface area (Å²) in [4.78, 5) is 6.73. The molecule has 0 bridgehead atoms. The van der Waals surface area contributed by atoms with Crippen LogP contribution in [0.15, 0.2) is 24.5 Å². The number of hydrogen-bond donors (Lipinski definition) is 1. The van der Waals surface area contributed by atoms with Crippen LogP contribution < -0.4 is 5.73 Å². The van der Waals surface area contributed by atoms with Crippen molar-refractivity contribution in [3.63, 3.8) is 0 Å². The van der Waals surface area contributed by atoms with E-state index in [2.05, 4.69) is 16.0 Å². The van der Waals surface area contributed by atoms with Crippen LogP contribution in [0.2, 0.25) is 0 Å². The molecule has 1 aliphatic rings. The van der Waals surface area contributed by atoms with Crippen LogP contribution >= 0.6 is 0 Å². The smallest absolute Gasteiger partial charge is 0.0312 e. The molecule has 0 aliphatic heterocycles. The van der Waals surface area contributed by atoms with Gasteiger partial charge in [0.25, 0.3) is 0 Å². The van der Waals surface area contributed by atoms with Gasteiger partial charge in [-0.25, -0.2) is 0 Å². The molecular weight excluding hydrogens is 198 g/mol. The van der Waals surface area contributed by atoms with E-state index in [1.54, 1.807) is 0 Å². The van der Waals surface area contributed by atoms with Crippen LogP contribution in [0.4, 0.5) is 0 Å². The van der Waals surface area contributed by atoms with Gasteiger partial charge in [-0.05, 0) is 44.0 Å². The van der Waals surface area contributed by atoms with E-state index in [0.29, 0.717) is 0 Å². The van der Waals surface area contributed by atoms with Gasteiger partial charge in [0.1, 0.15) is 0 Å². The Bertz CT molecular complexity index is 295. The Kier molecular flexibility index (Phi) is 4.31. The standard InChI is InChI=1S/C13H21N3/c14-7-3-9-16(13-5-1-6-13)11-12-4-2-8-15-10-12/h2,4,8,10,13H,1,3,5-7,9,11,14H2. The Morgan fingerprint density at radius 1 is 1.44 bits per heavy atom. The van der Waals surface area contributed by atoms with E-state index in [1.165, 1.54) is 24.8 Å². The van der Waals surface area contributed by atoms with Crippen LogP contribution in [-0.2, 0) is 6.54 Å². The minimum absolute atomic E-state index is 0.784. The number of nitrogens with two attached hydrogens (primary N) is 1. The van der Waals surface area contributed by atoms with Gasteiger partial charge in [-0.1, -0.05) is 12.5 Å². The van der Waals surface area contributed by atoms with Gasteiger partial charge in [-0.3, -0.25) is 9.88 Å². The second-order valence-corrected chi connectivity index (χ2v) is 4.56. The van der Waals surface area contributed by atoms with E-state index in [9.17, 15) is 0 Å². The third-order valence-corrected chi connectivity index (χ3v) is 3.35. The monoisotopic (exact) mass is 219 g/mol. The molecule has 1 aromatic rings. The highest BCUT2D eigenvalue weighted by atomic mass is 15.2. The highest BCUT2D eigenvalue weighted by Gasteiger charge is 2.24. The fourth-order valence-corrected chi connectivity index (χ4v) is 2.16. The lowest BCUT2D eigenvalue weighted by atomic mass is 9.91. The molecule has 0 saturated heterocycles. The van der Waals surface area contributed by atoms with Gasteiger partial charge >= 0.3 is 0 Å². The van der Waals surface area contributed by atoms with Crippen molar-refractivity contribution in [3.8, 4) is 0 Å². The Balaban J connectivity index is 1.90. The maximum atomic E-state index is 5.59. The lowest BCUT2D eigenvalue weighted by Gasteiger charge is -2.37. The van der Waals surface area contributed by atoms with E-state index in [0.717, 1.165) is 32.1 Å². The van der Waals surface area contributed by atoms with E-state index in [-0.39, 0.29) is 0 Å². The topological polar surface area (TPSA) is 42.1 Å². The molecule has 0 spiro atoms. The fraction of sp³-hybridized carbons (Fsp3) is 0.615. The molecule has 0 unspecified atom stereocenters. The molecule has 2 N–H and O–H groups in total. The average molecular weight is 219 g/mol. The van der Waals surface area contributed by atoms with Crippen molar-refractivity contribution >= 4 is 0 Å². The minimum Gasteiger partial charge on any atom is -0.330 e. The summed E-state index contributed by atoms with van der Waals surface area (Å²) in [5.74, 6) is 0. The number of pyridine rings is 1. The van der Waals surface area contributed by atoms with Crippen LogP contribution in [0.25, 0.3) is 0 Å². The molecule has 0 radical (unpaired) electrons. The molecule has 0 atom stereocenters. The highest BCUT2D eigenvalue weighted by molar-refractivity contribution is 5.08. The summed E-state index contributed by atoms with van der Waals surface area (Å²) >= 11 is 0. The maximum Gasteiger partial charge on any atom is 0.0312 e. The molecule has 0 amide bonds. The minimum atomic E-state index is 0.784. The quantitative estimate of drug-likeness (QED) is 0.793. The summed E-state index contributed by atoms with van der Waals surface area (Å²) < 4.78 is 0. The van der Waals surface area contributed by atoms with E-state index >= 15 is 0 Å². The fourth-order valence-electron chi connectivity index (χ4n) is 2.16. The third kappa shape index (κ3) is 3.03. The average Bonchev–Trinajstić information content (AvgIpc) is 2.25. The van der Waals surface area contributed by atoms with E-state index < -0.39 is 0 Å². The van der Waals surface area contributed by atoms with Crippen molar-refractivity contribution in [2.45, 2.75) is 38.3 Å². The highest BCUT2D eigenvalue weighted by Crippen LogP contribution is 2.26. The summed E-state index contributed by atoms with van der Waals surface area (Å²) in [6, 6.07) is 4.95. The van der Waals surface area contributed by atoms with Crippen molar-refractivity contribution in [1.82, 2.24) is 9.88 Å².